The molecule has 0 bridgehead atoms. The zero-order valence-corrected chi connectivity index (χ0v) is 12.3. The molecule has 0 saturated heterocycles. The molecule has 0 aromatic heterocycles. The van der Waals surface area contributed by atoms with Gasteiger partial charge in [0.25, 0.3) is 5.91 Å². The molecule has 0 aliphatic carbocycles. The van der Waals surface area contributed by atoms with Crippen molar-refractivity contribution in [3.63, 3.8) is 0 Å². The molecule has 0 radical (unpaired) electrons. The second-order valence-electron chi connectivity index (χ2n) is 4.31. The molecule has 0 aliphatic heterocycles. The van der Waals surface area contributed by atoms with Crippen LogP contribution in [0.5, 0.6) is 0 Å². The van der Waals surface area contributed by atoms with Gasteiger partial charge in [0.15, 0.2) is 0 Å². The van der Waals surface area contributed by atoms with E-state index in [9.17, 15) is 9.59 Å². The Morgan fingerprint density at radius 2 is 2.00 bits per heavy atom. The van der Waals surface area contributed by atoms with E-state index < -0.39 is 0 Å². The number of para-hydroxylation sites is 1. The lowest BCUT2D eigenvalue weighted by atomic mass is 10.1. The zero-order valence-electron chi connectivity index (χ0n) is 11.5. The van der Waals surface area contributed by atoms with E-state index in [0.717, 1.165) is 6.42 Å². The van der Waals surface area contributed by atoms with Crippen molar-refractivity contribution in [3.05, 3.63) is 29.8 Å². The van der Waals surface area contributed by atoms with E-state index in [2.05, 4.69) is 10.6 Å². The van der Waals surface area contributed by atoms with Crippen LogP contribution in [-0.2, 0) is 4.79 Å². The van der Waals surface area contributed by atoms with Crippen LogP contribution in [0.15, 0.2) is 24.3 Å². The van der Waals surface area contributed by atoms with Crippen LogP contribution in [0.3, 0.4) is 0 Å². The average Bonchev–Trinajstić information content (AvgIpc) is 2.39. The summed E-state index contributed by atoms with van der Waals surface area (Å²) >= 11 is 1.44. The molecular formula is C14H20N2O2S. The van der Waals surface area contributed by atoms with E-state index in [0.29, 0.717) is 17.0 Å². The predicted octanol–water partition coefficient (Wildman–Crippen LogP) is 2.52. The van der Waals surface area contributed by atoms with Gasteiger partial charge in [-0.05, 0) is 31.7 Å². The Hall–Kier alpha value is -1.49. The zero-order chi connectivity index (χ0) is 14.3. The van der Waals surface area contributed by atoms with Crippen LogP contribution in [0, 0.1) is 0 Å². The fraction of sp³-hybridized carbons (Fsp3) is 0.429. The lowest BCUT2D eigenvalue weighted by Crippen LogP contribution is -2.32. The summed E-state index contributed by atoms with van der Waals surface area (Å²) < 4.78 is 0. The third kappa shape index (κ3) is 4.95. The Kier molecular flexibility index (Phi) is 6.42. The molecule has 0 fully saturated rings. The lowest BCUT2D eigenvalue weighted by Gasteiger charge is -2.14. The molecule has 1 aromatic rings. The lowest BCUT2D eigenvalue weighted by molar-refractivity contribution is -0.113. The largest absolute Gasteiger partial charge is 0.350 e. The molecule has 0 aliphatic rings. The molecule has 104 valence electrons. The van der Waals surface area contributed by atoms with Gasteiger partial charge in [-0.25, -0.2) is 0 Å². The van der Waals surface area contributed by atoms with Crippen molar-refractivity contribution < 1.29 is 9.59 Å². The van der Waals surface area contributed by atoms with Crippen LogP contribution in [0.1, 0.15) is 30.6 Å². The maximum absolute atomic E-state index is 12.1. The standard InChI is InChI=1S/C14H20N2O2S/c1-4-10(2)15-14(18)11-7-5-6-8-12(11)16-13(17)9-19-3/h5-8,10H,4,9H2,1-3H3,(H,15,18)(H,16,17). The number of thioether (sulfide) groups is 1. The van der Waals surface area contributed by atoms with Crippen molar-refractivity contribution in [2.45, 2.75) is 26.3 Å². The van der Waals surface area contributed by atoms with Gasteiger partial charge in [0.1, 0.15) is 0 Å². The van der Waals surface area contributed by atoms with Gasteiger partial charge in [-0.15, -0.1) is 0 Å². The van der Waals surface area contributed by atoms with Crippen LogP contribution in [0.25, 0.3) is 0 Å². The summed E-state index contributed by atoms with van der Waals surface area (Å²) in [6, 6.07) is 7.16. The van der Waals surface area contributed by atoms with Gasteiger partial charge in [-0.2, -0.15) is 11.8 Å². The van der Waals surface area contributed by atoms with Gasteiger partial charge in [-0.3, -0.25) is 9.59 Å². The van der Waals surface area contributed by atoms with E-state index in [1.54, 1.807) is 24.3 Å². The van der Waals surface area contributed by atoms with Crippen molar-refractivity contribution >= 4 is 29.3 Å². The smallest absolute Gasteiger partial charge is 0.253 e. The number of hydrogen-bond acceptors (Lipinski definition) is 3. The van der Waals surface area contributed by atoms with Crippen molar-refractivity contribution in [1.29, 1.82) is 0 Å². The Labute approximate surface area is 118 Å². The third-order valence-electron chi connectivity index (χ3n) is 2.71. The van der Waals surface area contributed by atoms with Crippen molar-refractivity contribution in [3.8, 4) is 0 Å². The summed E-state index contributed by atoms with van der Waals surface area (Å²) in [5.74, 6) is 0.118. The fourth-order valence-corrected chi connectivity index (χ4v) is 1.85. The van der Waals surface area contributed by atoms with E-state index in [4.69, 9.17) is 0 Å². The fourth-order valence-electron chi connectivity index (χ4n) is 1.51. The number of anilines is 1. The molecule has 4 nitrogen and oxygen atoms in total. The second kappa shape index (κ2) is 7.84. The van der Waals surface area contributed by atoms with Crippen LogP contribution >= 0.6 is 11.8 Å². The van der Waals surface area contributed by atoms with Crippen molar-refractivity contribution in [2.75, 3.05) is 17.3 Å². The summed E-state index contributed by atoms with van der Waals surface area (Å²) in [5.41, 5.74) is 1.06. The van der Waals surface area contributed by atoms with Crippen LogP contribution in [0.4, 0.5) is 5.69 Å². The molecule has 0 heterocycles. The maximum atomic E-state index is 12.1. The topological polar surface area (TPSA) is 58.2 Å². The molecule has 2 N–H and O–H groups in total. The van der Waals surface area contributed by atoms with Crippen LogP contribution < -0.4 is 10.6 Å². The molecule has 0 spiro atoms. The number of rotatable bonds is 6. The molecule has 1 rings (SSSR count). The number of amides is 2. The van der Waals surface area contributed by atoms with Gasteiger partial charge >= 0.3 is 0 Å². The van der Waals surface area contributed by atoms with Gasteiger partial charge in [0, 0.05) is 6.04 Å². The summed E-state index contributed by atoms with van der Waals surface area (Å²) in [4.78, 5) is 23.7. The quantitative estimate of drug-likeness (QED) is 0.842. The first-order valence-electron chi connectivity index (χ1n) is 6.27. The van der Waals surface area contributed by atoms with Gasteiger partial charge in [0.05, 0.1) is 17.0 Å². The Balaban J connectivity index is 2.83. The predicted molar refractivity (Wildman–Crippen MR) is 80.7 cm³/mol. The highest BCUT2D eigenvalue weighted by Crippen LogP contribution is 2.15. The molecule has 1 atom stereocenters. The Bertz CT molecular complexity index is 449. The molecule has 2 amide bonds. The van der Waals surface area contributed by atoms with Crippen molar-refractivity contribution in [2.24, 2.45) is 0 Å². The third-order valence-corrected chi connectivity index (χ3v) is 3.26. The van der Waals surface area contributed by atoms with E-state index >= 15 is 0 Å². The molecule has 5 heteroatoms. The summed E-state index contributed by atoms with van der Waals surface area (Å²) in [5, 5.41) is 5.66. The molecule has 0 saturated carbocycles. The summed E-state index contributed by atoms with van der Waals surface area (Å²) in [7, 11) is 0. The first-order valence-corrected chi connectivity index (χ1v) is 7.66. The van der Waals surface area contributed by atoms with E-state index in [1.807, 2.05) is 20.1 Å². The molecular weight excluding hydrogens is 260 g/mol. The highest BCUT2D eigenvalue weighted by atomic mass is 32.2. The number of hydrogen-bond donors (Lipinski definition) is 2. The van der Waals surface area contributed by atoms with Crippen LogP contribution in [-0.4, -0.2) is 29.9 Å². The first kappa shape index (κ1) is 15.6. The minimum atomic E-state index is -0.158. The minimum absolute atomic E-state index is 0.101. The van der Waals surface area contributed by atoms with Crippen molar-refractivity contribution in [1.82, 2.24) is 5.32 Å². The van der Waals surface area contributed by atoms with Gasteiger partial charge in [0.2, 0.25) is 5.91 Å². The number of carbonyl (C=O) groups excluding carboxylic acids is 2. The maximum Gasteiger partial charge on any atom is 0.253 e. The van der Waals surface area contributed by atoms with E-state index in [-0.39, 0.29) is 17.9 Å². The minimum Gasteiger partial charge on any atom is -0.350 e. The Morgan fingerprint density at radius 1 is 1.32 bits per heavy atom. The molecule has 1 unspecified atom stereocenters. The number of benzene rings is 1. The molecule has 1 aromatic carbocycles. The normalized spacial score (nSPS) is 11.7. The van der Waals surface area contributed by atoms with Gasteiger partial charge in [-0.1, -0.05) is 19.1 Å². The number of carbonyl (C=O) groups is 2. The average molecular weight is 280 g/mol. The summed E-state index contributed by atoms with van der Waals surface area (Å²) in [6.07, 6.45) is 2.73. The highest BCUT2D eigenvalue weighted by Gasteiger charge is 2.14. The highest BCUT2D eigenvalue weighted by molar-refractivity contribution is 7.99. The molecule has 19 heavy (non-hydrogen) atoms. The van der Waals surface area contributed by atoms with Crippen LogP contribution in [0.2, 0.25) is 0 Å². The monoisotopic (exact) mass is 280 g/mol. The van der Waals surface area contributed by atoms with Gasteiger partial charge < -0.3 is 10.6 Å². The second-order valence-corrected chi connectivity index (χ2v) is 5.18. The first-order chi connectivity index (χ1) is 9.08. The number of nitrogens with one attached hydrogen (secondary N) is 2. The summed E-state index contributed by atoms with van der Waals surface area (Å²) in [6.45, 7) is 3.96. The van der Waals surface area contributed by atoms with E-state index in [1.165, 1.54) is 11.8 Å². The Morgan fingerprint density at radius 3 is 2.63 bits per heavy atom. The SMILES string of the molecule is CCC(C)NC(=O)c1ccccc1NC(=O)CSC.